The van der Waals surface area contributed by atoms with E-state index in [2.05, 4.69) is 10.4 Å². The molecule has 114 valence electrons. The molecule has 22 heavy (non-hydrogen) atoms. The van der Waals surface area contributed by atoms with E-state index >= 15 is 0 Å². The van der Waals surface area contributed by atoms with Gasteiger partial charge in [-0.15, -0.1) is 0 Å². The van der Waals surface area contributed by atoms with Crippen LogP contribution in [0.1, 0.15) is 6.42 Å². The van der Waals surface area contributed by atoms with E-state index in [1.807, 2.05) is 0 Å². The molecule has 0 spiro atoms. The van der Waals surface area contributed by atoms with Gasteiger partial charge in [0.1, 0.15) is 5.82 Å². The fraction of sp³-hybridized carbons (Fsp3) is 0.267. The average Bonchev–Trinajstić information content (AvgIpc) is 3.06. The monoisotopic (exact) mass is 302 g/mol. The number of aromatic nitrogens is 2. The van der Waals surface area contributed by atoms with Crippen LogP contribution in [0.15, 0.2) is 36.5 Å². The second-order valence-electron chi connectivity index (χ2n) is 5.22. The van der Waals surface area contributed by atoms with Gasteiger partial charge in [0.25, 0.3) is 0 Å². The van der Waals surface area contributed by atoms with Gasteiger partial charge in [0.15, 0.2) is 5.82 Å². The van der Waals surface area contributed by atoms with Crippen LogP contribution < -0.4 is 10.2 Å². The van der Waals surface area contributed by atoms with Crippen LogP contribution in [0.25, 0.3) is 0 Å². The number of nitrogens with zero attached hydrogens (tertiary/aromatic N) is 3. The molecule has 0 bridgehead atoms. The molecule has 2 heterocycles. The number of para-hydroxylation sites is 1. The molecular formula is C15H15FN4O2. The summed E-state index contributed by atoms with van der Waals surface area (Å²) in [5.41, 5.74) is 0.209. The first-order valence-electron chi connectivity index (χ1n) is 6.90. The largest absolute Gasteiger partial charge is 0.309 e. The molecule has 2 amide bonds. The van der Waals surface area contributed by atoms with Crippen LogP contribution in [0.2, 0.25) is 0 Å². The molecule has 6 nitrogen and oxygen atoms in total. The first kappa shape index (κ1) is 14.2. The van der Waals surface area contributed by atoms with Gasteiger partial charge < -0.3 is 10.2 Å². The van der Waals surface area contributed by atoms with Crippen molar-refractivity contribution in [3.63, 3.8) is 0 Å². The Kier molecular flexibility index (Phi) is 3.62. The van der Waals surface area contributed by atoms with Crippen LogP contribution in [0.5, 0.6) is 0 Å². The summed E-state index contributed by atoms with van der Waals surface area (Å²) in [4.78, 5) is 25.6. The minimum absolute atomic E-state index is 0.0625. The van der Waals surface area contributed by atoms with Crippen molar-refractivity contribution in [3.8, 4) is 0 Å². The lowest BCUT2D eigenvalue weighted by atomic mass is 10.1. The fourth-order valence-corrected chi connectivity index (χ4v) is 2.50. The summed E-state index contributed by atoms with van der Waals surface area (Å²) in [6.45, 7) is 0.165. The Morgan fingerprint density at radius 3 is 2.82 bits per heavy atom. The highest BCUT2D eigenvalue weighted by Gasteiger charge is 2.36. The number of hydrogen-bond acceptors (Lipinski definition) is 3. The third kappa shape index (κ3) is 2.69. The lowest BCUT2D eigenvalue weighted by Crippen LogP contribution is -2.28. The van der Waals surface area contributed by atoms with Crippen molar-refractivity contribution in [1.82, 2.24) is 9.78 Å². The summed E-state index contributed by atoms with van der Waals surface area (Å²) < 4.78 is 15.4. The second-order valence-corrected chi connectivity index (χ2v) is 5.22. The molecule has 1 aliphatic rings. The minimum atomic E-state index is -0.519. The van der Waals surface area contributed by atoms with Crippen molar-refractivity contribution in [2.75, 3.05) is 16.8 Å². The smallest absolute Gasteiger partial charge is 0.231 e. The van der Waals surface area contributed by atoms with E-state index in [4.69, 9.17) is 0 Å². The first-order chi connectivity index (χ1) is 10.5. The SMILES string of the molecule is Cn1ccc(NC(=O)[C@H]2CC(=O)N(c3ccccc3F)C2)n1. The maximum absolute atomic E-state index is 13.8. The van der Waals surface area contributed by atoms with Gasteiger partial charge in [0.05, 0.1) is 11.6 Å². The average molecular weight is 302 g/mol. The number of hydrogen-bond donors (Lipinski definition) is 1. The van der Waals surface area contributed by atoms with Gasteiger partial charge in [-0.2, -0.15) is 5.10 Å². The van der Waals surface area contributed by atoms with Crippen LogP contribution in [0.3, 0.4) is 0 Å². The molecule has 1 saturated heterocycles. The van der Waals surface area contributed by atoms with Crippen molar-refractivity contribution in [1.29, 1.82) is 0 Å². The molecule has 3 rings (SSSR count). The van der Waals surface area contributed by atoms with Crippen LogP contribution in [-0.4, -0.2) is 28.1 Å². The van der Waals surface area contributed by atoms with E-state index in [1.165, 1.54) is 17.0 Å². The van der Waals surface area contributed by atoms with Gasteiger partial charge in [0.2, 0.25) is 11.8 Å². The Morgan fingerprint density at radius 2 is 2.14 bits per heavy atom. The second kappa shape index (κ2) is 5.59. The molecule has 1 aromatic heterocycles. The topological polar surface area (TPSA) is 67.2 Å². The summed E-state index contributed by atoms with van der Waals surface area (Å²) in [6, 6.07) is 7.72. The van der Waals surface area contributed by atoms with E-state index in [9.17, 15) is 14.0 Å². The Bertz CT molecular complexity index is 728. The molecule has 2 aromatic rings. The highest BCUT2D eigenvalue weighted by molar-refractivity contribution is 6.03. The molecule has 1 atom stereocenters. The predicted molar refractivity (Wildman–Crippen MR) is 78.7 cm³/mol. The zero-order valence-corrected chi connectivity index (χ0v) is 12.0. The van der Waals surface area contributed by atoms with Crippen molar-refractivity contribution in [3.05, 3.63) is 42.3 Å². The molecule has 0 saturated carbocycles. The third-order valence-corrected chi connectivity index (χ3v) is 3.60. The van der Waals surface area contributed by atoms with E-state index in [0.717, 1.165) is 0 Å². The number of rotatable bonds is 3. The van der Waals surface area contributed by atoms with Crippen molar-refractivity contribution >= 4 is 23.3 Å². The molecule has 1 aliphatic heterocycles. The Morgan fingerprint density at radius 1 is 1.36 bits per heavy atom. The van der Waals surface area contributed by atoms with Gasteiger partial charge in [-0.3, -0.25) is 14.3 Å². The normalized spacial score (nSPS) is 17.8. The summed E-state index contributed by atoms with van der Waals surface area (Å²) in [7, 11) is 1.74. The first-order valence-corrected chi connectivity index (χ1v) is 6.90. The van der Waals surface area contributed by atoms with Crippen LogP contribution in [-0.2, 0) is 16.6 Å². The zero-order valence-electron chi connectivity index (χ0n) is 12.0. The molecule has 1 aromatic carbocycles. The summed E-state index contributed by atoms with van der Waals surface area (Å²) >= 11 is 0. The van der Waals surface area contributed by atoms with Gasteiger partial charge in [-0.25, -0.2) is 4.39 Å². The van der Waals surface area contributed by atoms with E-state index < -0.39 is 11.7 Å². The Hall–Kier alpha value is -2.70. The maximum Gasteiger partial charge on any atom is 0.231 e. The number of nitrogens with one attached hydrogen (secondary N) is 1. The Labute approximate surface area is 126 Å². The van der Waals surface area contributed by atoms with Gasteiger partial charge in [-0.1, -0.05) is 12.1 Å². The number of carbonyl (C=O) groups is 2. The highest BCUT2D eigenvalue weighted by Crippen LogP contribution is 2.27. The van der Waals surface area contributed by atoms with E-state index in [0.29, 0.717) is 5.82 Å². The summed E-state index contributed by atoms with van der Waals surface area (Å²) in [5, 5.41) is 6.73. The number of anilines is 2. The lowest BCUT2D eigenvalue weighted by Gasteiger charge is -2.17. The summed E-state index contributed by atoms with van der Waals surface area (Å²) in [5.74, 6) is -1.10. The van der Waals surface area contributed by atoms with Crippen molar-refractivity contribution in [2.45, 2.75) is 6.42 Å². The summed E-state index contributed by atoms with van der Waals surface area (Å²) in [6.07, 6.45) is 1.77. The predicted octanol–water partition coefficient (Wildman–Crippen LogP) is 1.55. The number of amides is 2. The minimum Gasteiger partial charge on any atom is -0.309 e. The third-order valence-electron chi connectivity index (χ3n) is 3.60. The molecule has 1 fully saturated rings. The maximum atomic E-state index is 13.8. The molecule has 7 heteroatoms. The van der Waals surface area contributed by atoms with Crippen LogP contribution >= 0.6 is 0 Å². The molecular weight excluding hydrogens is 287 g/mol. The molecule has 0 unspecified atom stereocenters. The van der Waals surface area contributed by atoms with E-state index in [-0.39, 0.29) is 30.5 Å². The van der Waals surface area contributed by atoms with Crippen LogP contribution in [0, 0.1) is 11.7 Å². The lowest BCUT2D eigenvalue weighted by molar-refractivity contribution is -0.122. The highest BCUT2D eigenvalue weighted by atomic mass is 19.1. The number of aryl methyl sites for hydroxylation is 1. The molecule has 0 aliphatic carbocycles. The molecule has 1 N–H and O–H groups in total. The van der Waals surface area contributed by atoms with E-state index in [1.54, 1.807) is 36.1 Å². The number of benzene rings is 1. The fourth-order valence-electron chi connectivity index (χ4n) is 2.50. The standard InChI is InChI=1S/C15H15FN4O2/c1-19-7-6-13(18-19)17-15(22)10-8-14(21)20(9-10)12-5-3-2-4-11(12)16/h2-7,10H,8-9H2,1H3,(H,17,18,22)/t10-/m0/s1. The zero-order chi connectivity index (χ0) is 15.7. The van der Waals surface area contributed by atoms with Crippen LogP contribution in [0.4, 0.5) is 15.9 Å². The number of carbonyl (C=O) groups excluding carboxylic acids is 2. The van der Waals surface area contributed by atoms with Gasteiger partial charge in [0, 0.05) is 32.3 Å². The van der Waals surface area contributed by atoms with Crippen molar-refractivity contribution in [2.24, 2.45) is 13.0 Å². The number of halogens is 1. The van der Waals surface area contributed by atoms with Crippen molar-refractivity contribution < 1.29 is 14.0 Å². The Balaban J connectivity index is 1.71. The molecule has 0 radical (unpaired) electrons. The quantitative estimate of drug-likeness (QED) is 0.935. The van der Waals surface area contributed by atoms with Gasteiger partial charge >= 0.3 is 0 Å². The van der Waals surface area contributed by atoms with Gasteiger partial charge in [-0.05, 0) is 12.1 Å².